The normalized spacial score (nSPS) is 18.8. The van der Waals surface area contributed by atoms with Crippen LogP contribution in [-0.2, 0) is 9.84 Å². The van der Waals surface area contributed by atoms with Gasteiger partial charge in [0.05, 0.1) is 5.69 Å². The van der Waals surface area contributed by atoms with Gasteiger partial charge >= 0.3 is 0 Å². The minimum atomic E-state index is -3.45. The minimum Gasteiger partial charge on any atom is -0.396 e. The fraction of sp³-hybridized carbons (Fsp3) is 0.583. The molecule has 2 heterocycles. The molecule has 1 fully saturated rings. The highest BCUT2D eigenvalue weighted by Crippen LogP contribution is 2.43. The Morgan fingerprint density at radius 1 is 1.45 bits per heavy atom. The molecule has 1 aliphatic heterocycles. The Morgan fingerprint density at radius 3 is 2.60 bits per heavy atom. The molecule has 0 aliphatic carbocycles. The van der Waals surface area contributed by atoms with Crippen molar-refractivity contribution in [2.24, 2.45) is 0 Å². The van der Waals surface area contributed by atoms with Gasteiger partial charge in [-0.3, -0.25) is 0 Å². The molecule has 1 saturated heterocycles. The summed E-state index contributed by atoms with van der Waals surface area (Å²) in [6, 6.07) is 1.99. The van der Waals surface area contributed by atoms with Crippen LogP contribution in [0.2, 0.25) is 0 Å². The second-order valence-corrected chi connectivity index (χ2v) is 10.1. The molecule has 0 saturated carbocycles. The number of nitrogens with zero attached hydrogens (tertiary/aromatic N) is 2. The molecular formula is C12H17N3O2S3. The second-order valence-electron chi connectivity index (χ2n) is 5.39. The molecule has 5 nitrogen and oxygen atoms in total. The number of rotatable bonds is 2. The van der Waals surface area contributed by atoms with Crippen LogP contribution in [0, 0.1) is 11.3 Å². The van der Waals surface area contributed by atoms with E-state index >= 15 is 0 Å². The molecule has 0 spiro atoms. The van der Waals surface area contributed by atoms with Gasteiger partial charge in [0, 0.05) is 29.8 Å². The van der Waals surface area contributed by atoms with Crippen LogP contribution >= 0.6 is 23.1 Å². The van der Waals surface area contributed by atoms with Crippen LogP contribution in [0.4, 0.5) is 10.7 Å². The van der Waals surface area contributed by atoms with Crippen molar-refractivity contribution in [1.29, 1.82) is 5.26 Å². The Hall–Kier alpha value is -0.910. The molecule has 0 bridgehead atoms. The molecule has 2 rings (SSSR count). The Labute approximate surface area is 127 Å². The SMILES string of the molecule is CC1(C)CN(c2sc(C#N)c(N)c2S(C)(=O)=O)CCS1. The summed E-state index contributed by atoms with van der Waals surface area (Å²) in [7, 11) is -3.45. The van der Waals surface area contributed by atoms with Crippen LogP contribution in [-0.4, -0.2) is 38.3 Å². The van der Waals surface area contributed by atoms with Gasteiger partial charge in [0.15, 0.2) is 9.84 Å². The number of anilines is 2. The number of nitrogens with two attached hydrogens (primary N) is 1. The fourth-order valence-electron chi connectivity index (χ4n) is 2.26. The highest BCUT2D eigenvalue weighted by atomic mass is 32.2. The summed E-state index contributed by atoms with van der Waals surface area (Å²) in [5.41, 5.74) is 5.94. The van der Waals surface area contributed by atoms with Crippen molar-refractivity contribution in [2.75, 3.05) is 35.7 Å². The average Bonchev–Trinajstić information content (AvgIpc) is 2.64. The Morgan fingerprint density at radius 2 is 2.10 bits per heavy atom. The van der Waals surface area contributed by atoms with Gasteiger partial charge < -0.3 is 10.6 Å². The zero-order valence-corrected chi connectivity index (χ0v) is 14.1. The average molecular weight is 331 g/mol. The smallest absolute Gasteiger partial charge is 0.180 e. The van der Waals surface area contributed by atoms with Crippen molar-refractivity contribution < 1.29 is 8.42 Å². The lowest BCUT2D eigenvalue weighted by molar-refractivity contribution is 0.600. The zero-order valence-electron chi connectivity index (χ0n) is 11.6. The number of hydrogen-bond acceptors (Lipinski definition) is 7. The third kappa shape index (κ3) is 2.90. The van der Waals surface area contributed by atoms with Gasteiger partial charge in [0.25, 0.3) is 0 Å². The maximum atomic E-state index is 12.0. The van der Waals surface area contributed by atoms with E-state index in [0.29, 0.717) is 5.00 Å². The number of hydrogen-bond donors (Lipinski definition) is 1. The number of thiophene rings is 1. The van der Waals surface area contributed by atoms with E-state index in [0.717, 1.165) is 25.1 Å². The minimum absolute atomic E-state index is 0.0541. The number of sulfone groups is 1. The van der Waals surface area contributed by atoms with Gasteiger partial charge in [0.2, 0.25) is 0 Å². The monoisotopic (exact) mass is 331 g/mol. The maximum Gasteiger partial charge on any atom is 0.180 e. The first-order chi connectivity index (χ1) is 9.15. The molecule has 0 amide bonds. The highest BCUT2D eigenvalue weighted by Gasteiger charge is 2.33. The third-order valence-corrected chi connectivity index (χ3v) is 6.82. The van der Waals surface area contributed by atoms with E-state index in [9.17, 15) is 8.42 Å². The van der Waals surface area contributed by atoms with Crippen LogP contribution in [0.1, 0.15) is 18.7 Å². The molecular weight excluding hydrogens is 314 g/mol. The van der Waals surface area contributed by atoms with Crippen molar-refractivity contribution in [3.63, 3.8) is 0 Å². The molecule has 1 aliphatic rings. The molecule has 0 aromatic carbocycles. The third-order valence-electron chi connectivity index (χ3n) is 3.07. The summed E-state index contributed by atoms with van der Waals surface area (Å²) in [5.74, 6) is 0.926. The molecule has 0 unspecified atom stereocenters. The lowest BCUT2D eigenvalue weighted by Gasteiger charge is -2.38. The van der Waals surface area contributed by atoms with Crippen molar-refractivity contribution in [1.82, 2.24) is 0 Å². The molecule has 2 N–H and O–H groups in total. The summed E-state index contributed by atoms with van der Waals surface area (Å²) >= 11 is 3.04. The molecule has 20 heavy (non-hydrogen) atoms. The number of nitrogen functional groups attached to an aromatic ring is 1. The largest absolute Gasteiger partial charge is 0.396 e. The fourth-order valence-corrected chi connectivity index (χ4v) is 5.90. The van der Waals surface area contributed by atoms with Crippen LogP contribution in [0.25, 0.3) is 0 Å². The lowest BCUT2D eigenvalue weighted by atomic mass is 10.2. The predicted molar refractivity (Wildman–Crippen MR) is 85.3 cm³/mol. The highest BCUT2D eigenvalue weighted by molar-refractivity contribution is 8.00. The van der Waals surface area contributed by atoms with Crippen LogP contribution in [0.3, 0.4) is 0 Å². The Kier molecular flexibility index (Phi) is 3.97. The van der Waals surface area contributed by atoms with Crippen molar-refractivity contribution in [3.8, 4) is 6.07 Å². The summed E-state index contributed by atoms with van der Waals surface area (Å²) in [6.07, 6.45) is 1.14. The second kappa shape index (κ2) is 5.13. The first-order valence-corrected chi connectivity index (χ1v) is 9.76. The Bertz CT molecular complexity index is 671. The van der Waals surface area contributed by atoms with Gasteiger partial charge in [-0.05, 0) is 13.8 Å². The van der Waals surface area contributed by atoms with Crippen LogP contribution in [0.5, 0.6) is 0 Å². The molecule has 1 aromatic heterocycles. The lowest BCUT2D eigenvalue weighted by Crippen LogP contribution is -2.43. The molecule has 0 atom stereocenters. The quantitative estimate of drug-likeness (QED) is 0.891. The van der Waals surface area contributed by atoms with E-state index in [2.05, 4.69) is 13.8 Å². The van der Waals surface area contributed by atoms with Gasteiger partial charge in [0.1, 0.15) is 20.8 Å². The van der Waals surface area contributed by atoms with Crippen LogP contribution < -0.4 is 10.6 Å². The van der Waals surface area contributed by atoms with Gasteiger partial charge in [-0.1, -0.05) is 0 Å². The summed E-state index contributed by atoms with van der Waals surface area (Å²) in [4.78, 5) is 2.42. The van der Waals surface area contributed by atoms with E-state index in [1.165, 1.54) is 11.3 Å². The van der Waals surface area contributed by atoms with E-state index < -0.39 is 9.84 Å². The standard InChI is InChI=1S/C12H17N3O2S3/c1-12(2)7-15(4-5-18-12)11-10(20(3,16)17)9(14)8(6-13)19-11/h4-5,7,14H2,1-3H3. The first kappa shape index (κ1) is 15.5. The summed E-state index contributed by atoms with van der Waals surface area (Å²) in [5, 5.41) is 9.69. The number of thioether (sulfide) groups is 1. The topological polar surface area (TPSA) is 87.2 Å². The van der Waals surface area contributed by atoms with E-state index in [1.54, 1.807) is 0 Å². The maximum absolute atomic E-state index is 12.0. The van der Waals surface area contributed by atoms with Gasteiger partial charge in [-0.25, -0.2) is 8.42 Å². The predicted octanol–water partition coefficient (Wildman–Crippen LogP) is 1.94. The van der Waals surface area contributed by atoms with Gasteiger partial charge in [-0.2, -0.15) is 17.0 Å². The molecule has 110 valence electrons. The number of nitriles is 1. The van der Waals surface area contributed by atoms with Crippen molar-refractivity contribution in [3.05, 3.63) is 4.88 Å². The molecule has 1 aromatic rings. The van der Waals surface area contributed by atoms with Crippen molar-refractivity contribution >= 4 is 43.6 Å². The molecule has 8 heteroatoms. The van der Waals surface area contributed by atoms with Crippen molar-refractivity contribution in [2.45, 2.75) is 23.5 Å². The summed E-state index contributed by atoms with van der Waals surface area (Å²) in [6.45, 7) is 5.77. The van der Waals surface area contributed by atoms with E-state index in [1.807, 2.05) is 22.7 Å². The van der Waals surface area contributed by atoms with Crippen LogP contribution in [0.15, 0.2) is 4.90 Å². The Balaban J connectivity index is 2.55. The molecule has 0 radical (unpaired) electrons. The van der Waals surface area contributed by atoms with E-state index in [-0.39, 0.29) is 20.2 Å². The zero-order chi connectivity index (χ0) is 15.1. The van der Waals surface area contributed by atoms with E-state index in [4.69, 9.17) is 11.0 Å². The van der Waals surface area contributed by atoms with Gasteiger partial charge in [-0.15, -0.1) is 11.3 Å². The summed E-state index contributed by atoms with van der Waals surface area (Å²) < 4.78 is 24.0. The first-order valence-electron chi connectivity index (χ1n) is 6.07.